The first-order valence-electron chi connectivity index (χ1n) is 6.07. The third kappa shape index (κ3) is 2.93. The van der Waals surface area contributed by atoms with E-state index in [1.54, 1.807) is 31.4 Å². The lowest BCUT2D eigenvalue weighted by atomic mass is 9.88. The van der Waals surface area contributed by atoms with Crippen LogP contribution in [-0.4, -0.2) is 22.4 Å². The largest absolute Gasteiger partial charge is 0.508 e. The zero-order chi connectivity index (χ0) is 14.0. The van der Waals surface area contributed by atoms with E-state index in [0.29, 0.717) is 11.7 Å². The Hall–Kier alpha value is -1.88. The lowest BCUT2D eigenvalue weighted by Crippen LogP contribution is -2.21. The Morgan fingerprint density at radius 3 is 2.37 bits per heavy atom. The maximum absolute atomic E-state index is 9.26. The molecular formula is C14H18N2O3. The van der Waals surface area contributed by atoms with E-state index in [2.05, 4.69) is 30.9 Å². The molecule has 0 bridgehead atoms. The highest BCUT2D eigenvalue weighted by Crippen LogP contribution is 2.34. The summed E-state index contributed by atoms with van der Waals surface area (Å²) in [7, 11) is 1.63. The highest BCUT2D eigenvalue weighted by molar-refractivity contribution is 5.54. The van der Waals surface area contributed by atoms with Crippen LogP contribution in [0.4, 0.5) is 0 Å². The smallest absolute Gasteiger partial charge is 0.258 e. The zero-order valence-corrected chi connectivity index (χ0v) is 11.5. The summed E-state index contributed by atoms with van der Waals surface area (Å²) < 4.78 is 10.7. The van der Waals surface area contributed by atoms with E-state index in [-0.39, 0.29) is 17.3 Å². The van der Waals surface area contributed by atoms with Gasteiger partial charge < -0.3 is 14.4 Å². The van der Waals surface area contributed by atoms with Gasteiger partial charge in [0.25, 0.3) is 5.89 Å². The van der Waals surface area contributed by atoms with Gasteiger partial charge in [0.2, 0.25) is 5.82 Å². The summed E-state index contributed by atoms with van der Waals surface area (Å²) >= 11 is 0. The minimum atomic E-state index is -0.234. The van der Waals surface area contributed by atoms with Crippen LogP contribution in [0.1, 0.15) is 32.7 Å². The van der Waals surface area contributed by atoms with Gasteiger partial charge in [0.15, 0.2) is 0 Å². The molecule has 19 heavy (non-hydrogen) atoms. The summed E-state index contributed by atoms with van der Waals surface area (Å²) in [5.74, 6) is 1.15. The van der Waals surface area contributed by atoms with Crippen molar-refractivity contribution in [3.8, 4) is 17.2 Å². The number of aromatic hydroxyl groups is 1. The molecule has 0 amide bonds. The molecule has 0 fully saturated rings. The van der Waals surface area contributed by atoms with Crippen LogP contribution < -0.4 is 0 Å². The summed E-state index contributed by atoms with van der Waals surface area (Å²) in [5.41, 5.74) is 0.644. The molecule has 1 unspecified atom stereocenters. The molecule has 0 aliphatic carbocycles. The fraction of sp³-hybridized carbons (Fsp3) is 0.429. The van der Waals surface area contributed by atoms with E-state index >= 15 is 0 Å². The van der Waals surface area contributed by atoms with Crippen molar-refractivity contribution in [3.63, 3.8) is 0 Å². The predicted molar refractivity (Wildman–Crippen MR) is 70.6 cm³/mol. The van der Waals surface area contributed by atoms with Gasteiger partial charge in [0.1, 0.15) is 11.9 Å². The average Bonchev–Trinajstić information content (AvgIpc) is 2.78. The van der Waals surface area contributed by atoms with E-state index in [1.807, 2.05) is 0 Å². The highest BCUT2D eigenvalue weighted by atomic mass is 16.5. The third-order valence-electron chi connectivity index (χ3n) is 2.81. The first-order chi connectivity index (χ1) is 8.91. The molecule has 1 aromatic carbocycles. The molecule has 0 radical (unpaired) electrons. The van der Waals surface area contributed by atoms with Crippen molar-refractivity contribution < 1.29 is 14.4 Å². The summed E-state index contributed by atoms with van der Waals surface area (Å²) in [6.07, 6.45) is -0.234. The van der Waals surface area contributed by atoms with Crippen LogP contribution in [-0.2, 0) is 4.74 Å². The molecule has 1 aromatic heterocycles. The molecule has 0 aliphatic heterocycles. The second-order valence-electron chi connectivity index (χ2n) is 5.49. The third-order valence-corrected chi connectivity index (χ3v) is 2.81. The van der Waals surface area contributed by atoms with Gasteiger partial charge >= 0.3 is 0 Å². The van der Waals surface area contributed by atoms with Crippen molar-refractivity contribution in [2.75, 3.05) is 7.11 Å². The van der Waals surface area contributed by atoms with Crippen molar-refractivity contribution >= 4 is 0 Å². The fourth-order valence-corrected chi connectivity index (χ4v) is 1.91. The number of aromatic nitrogens is 2. The first kappa shape index (κ1) is 13.5. The number of benzene rings is 1. The number of hydrogen-bond donors (Lipinski definition) is 1. The van der Waals surface area contributed by atoms with Crippen molar-refractivity contribution in [1.82, 2.24) is 10.1 Å². The number of rotatable bonds is 3. The van der Waals surface area contributed by atoms with Crippen LogP contribution in [0.5, 0.6) is 5.75 Å². The maximum Gasteiger partial charge on any atom is 0.258 e. The van der Waals surface area contributed by atoms with Crippen LogP contribution in [0.3, 0.4) is 0 Å². The number of nitrogens with zero attached hydrogens (tertiary/aromatic N) is 2. The monoisotopic (exact) mass is 262 g/mol. The Kier molecular flexibility index (Phi) is 3.57. The Balaban J connectivity index is 2.30. The molecule has 0 spiro atoms. The van der Waals surface area contributed by atoms with Crippen LogP contribution >= 0.6 is 0 Å². The molecule has 2 rings (SSSR count). The Morgan fingerprint density at radius 1 is 1.21 bits per heavy atom. The molecule has 1 atom stereocenters. The first-order valence-corrected chi connectivity index (χ1v) is 6.07. The van der Waals surface area contributed by atoms with E-state index < -0.39 is 0 Å². The van der Waals surface area contributed by atoms with E-state index in [4.69, 9.17) is 9.26 Å². The Morgan fingerprint density at radius 2 is 1.84 bits per heavy atom. The SMILES string of the molecule is COC(c1noc(-c2ccc(O)cc2)n1)C(C)(C)C. The standard InChI is InChI=1S/C14H18N2O3/c1-14(2,3)11(18-4)12-15-13(19-16-12)9-5-7-10(17)8-6-9/h5-8,11,17H,1-4H3. The van der Waals surface area contributed by atoms with Crippen LogP contribution in [0, 0.1) is 5.41 Å². The Labute approximate surface area is 112 Å². The number of hydrogen-bond acceptors (Lipinski definition) is 5. The molecule has 1 N–H and O–H groups in total. The number of ether oxygens (including phenoxy) is 1. The van der Waals surface area contributed by atoms with Gasteiger partial charge in [-0.3, -0.25) is 0 Å². The van der Waals surface area contributed by atoms with Crippen LogP contribution in [0.25, 0.3) is 11.5 Å². The van der Waals surface area contributed by atoms with Crippen LogP contribution in [0.15, 0.2) is 28.8 Å². The summed E-state index contributed by atoms with van der Waals surface area (Å²) in [6.45, 7) is 6.16. The van der Waals surface area contributed by atoms with Crippen molar-refractivity contribution in [1.29, 1.82) is 0 Å². The number of phenols is 1. The van der Waals surface area contributed by atoms with E-state index in [0.717, 1.165) is 5.56 Å². The second-order valence-corrected chi connectivity index (χ2v) is 5.49. The van der Waals surface area contributed by atoms with Gasteiger partial charge in [0.05, 0.1) is 0 Å². The minimum absolute atomic E-state index is 0.120. The van der Waals surface area contributed by atoms with Gasteiger partial charge in [-0.25, -0.2) is 0 Å². The van der Waals surface area contributed by atoms with Crippen molar-refractivity contribution in [2.45, 2.75) is 26.9 Å². The molecule has 5 heteroatoms. The lowest BCUT2D eigenvalue weighted by Gasteiger charge is -2.26. The predicted octanol–water partition coefficient (Wildman–Crippen LogP) is 3.18. The number of phenolic OH excluding ortho intramolecular Hbond substituents is 1. The van der Waals surface area contributed by atoms with Crippen molar-refractivity contribution in [3.05, 3.63) is 30.1 Å². The molecule has 102 valence electrons. The second kappa shape index (κ2) is 5.01. The molecule has 5 nitrogen and oxygen atoms in total. The molecule has 0 saturated carbocycles. The maximum atomic E-state index is 9.26. The van der Waals surface area contributed by atoms with Gasteiger partial charge in [0, 0.05) is 12.7 Å². The quantitative estimate of drug-likeness (QED) is 0.920. The summed E-state index contributed by atoms with van der Waals surface area (Å²) in [4.78, 5) is 4.36. The average molecular weight is 262 g/mol. The van der Waals surface area contributed by atoms with Crippen LogP contribution in [0.2, 0.25) is 0 Å². The van der Waals surface area contributed by atoms with E-state index in [1.165, 1.54) is 0 Å². The lowest BCUT2D eigenvalue weighted by molar-refractivity contribution is 0.00718. The highest BCUT2D eigenvalue weighted by Gasteiger charge is 2.30. The van der Waals surface area contributed by atoms with Gasteiger partial charge in [-0.15, -0.1) is 0 Å². The van der Waals surface area contributed by atoms with E-state index in [9.17, 15) is 5.11 Å². The van der Waals surface area contributed by atoms with Crippen molar-refractivity contribution in [2.24, 2.45) is 5.41 Å². The minimum Gasteiger partial charge on any atom is -0.508 e. The molecule has 0 aliphatic rings. The number of methoxy groups -OCH3 is 1. The molecular weight excluding hydrogens is 244 g/mol. The zero-order valence-electron chi connectivity index (χ0n) is 11.5. The van der Waals surface area contributed by atoms with Gasteiger partial charge in [-0.2, -0.15) is 4.98 Å². The summed E-state index contributed by atoms with van der Waals surface area (Å²) in [6, 6.07) is 6.62. The molecule has 1 heterocycles. The molecule has 2 aromatic rings. The molecule has 0 saturated heterocycles. The fourth-order valence-electron chi connectivity index (χ4n) is 1.91. The normalized spacial score (nSPS) is 13.5. The summed E-state index contributed by atoms with van der Waals surface area (Å²) in [5, 5.41) is 13.2. The topological polar surface area (TPSA) is 68.4 Å². The Bertz CT molecular complexity index is 541. The van der Waals surface area contributed by atoms with Gasteiger partial charge in [-0.05, 0) is 29.7 Å². The van der Waals surface area contributed by atoms with Gasteiger partial charge in [-0.1, -0.05) is 25.9 Å².